The molecule has 1 heterocycles. The number of hydrogen-bond donors (Lipinski definition) is 2. The van der Waals surface area contributed by atoms with E-state index in [1.807, 2.05) is 18.7 Å². The van der Waals surface area contributed by atoms with Gasteiger partial charge in [-0.25, -0.2) is 0 Å². The summed E-state index contributed by atoms with van der Waals surface area (Å²) >= 11 is 1.79. The van der Waals surface area contributed by atoms with Crippen LogP contribution in [0.25, 0.3) is 0 Å². The van der Waals surface area contributed by atoms with Crippen LogP contribution in [0.5, 0.6) is 0 Å². The molecule has 17 heavy (non-hydrogen) atoms. The van der Waals surface area contributed by atoms with Crippen LogP contribution in [0.2, 0.25) is 0 Å². The van der Waals surface area contributed by atoms with Gasteiger partial charge in [0.25, 0.3) is 0 Å². The van der Waals surface area contributed by atoms with E-state index in [1.54, 1.807) is 11.8 Å². The van der Waals surface area contributed by atoms with Gasteiger partial charge in [-0.1, -0.05) is 6.92 Å². The highest BCUT2D eigenvalue weighted by Gasteiger charge is 2.21. The fraction of sp³-hybridized carbons (Fsp3) is 0.750. The molecule has 2 N–H and O–H groups in total. The summed E-state index contributed by atoms with van der Waals surface area (Å²) in [7, 11) is 1.96. The van der Waals surface area contributed by atoms with Gasteiger partial charge < -0.3 is 10.4 Å². The molecule has 0 bridgehead atoms. The monoisotopic (exact) mass is 257 g/mol. The molecule has 1 aromatic rings. The highest BCUT2D eigenvalue weighted by Crippen LogP contribution is 2.22. The molecule has 4 nitrogen and oxygen atoms in total. The molecule has 0 spiro atoms. The molecule has 1 aromatic heterocycles. The third-order valence-corrected chi connectivity index (χ3v) is 3.90. The average molecular weight is 257 g/mol. The number of hydrogen-bond acceptors (Lipinski definition) is 4. The van der Waals surface area contributed by atoms with Crippen LogP contribution in [-0.4, -0.2) is 39.3 Å². The number of aliphatic hydroxyl groups excluding tert-OH is 1. The third-order valence-electron chi connectivity index (χ3n) is 2.82. The molecule has 0 fully saturated rings. The second-order valence-corrected chi connectivity index (χ2v) is 5.71. The number of aryl methyl sites for hydroxylation is 2. The Kier molecular flexibility index (Phi) is 5.49. The number of likely N-dealkylation sites (N-methyl/N-ethyl adjacent to an activating group) is 1. The summed E-state index contributed by atoms with van der Waals surface area (Å²) in [4.78, 5) is 0. The first-order valence-corrected chi connectivity index (χ1v) is 6.98. The van der Waals surface area contributed by atoms with E-state index in [4.69, 9.17) is 0 Å². The standard InChI is InChI=1S/C12H23N3OS/c1-5-13-12(3,9-16)6-7-17-11-8-10(2)14-15(11)4/h8,13,16H,5-7,9H2,1-4H3. The smallest absolute Gasteiger partial charge is 0.0939 e. The first kappa shape index (κ1) is 14.5. The largest absolute Gasteiger partial charge is 0.394 e. The number of nitrogens with zero attached hydrogens (tertiary/aromatic N) is 2. The second kappa shape index (κ2) is 6.42. The van der Waals surface area contributed by atoms with Crippen LogP contribution in [0.1, 0.15) is 26.0 Å². The summed E-state index contributed by atoms with van der Waals surface area (Å²) in [6.07, 6.45) is 0.937. The van der Waals surface area contributed by atoms with E-state index >= 15 is 0 Å². The minimum atomic E-state index is -0.171. The van der Waals surface area contributed by atoms with Crippen molar-refractivity contribution in [2.45, 2.75) is 37.8 Å². The van der Waals surface area contributed by atoms with Crippen LogP contribution in [-0.2, 0) is 7.05 Å². The fourth-order valence-electron chi connectivity index (χ4n) is 1.75. The molecule has 0 saturated heterocycles. The lowest BCUT2D eigenvalue weighted by molar-refractivity contribution is 0.173. The lowest BCUT2D eigenvalue weighted by atomic mass is 10.0. The highest BCUT2D eigenvalue weighted by molar-refractivity contribution is 7.99. The Morgan fingerprint density at radius 2 is 2.29 bits per heavy atom. The minimum Gasteiger partial charge on any atom is -0.394 e. The maximum atomic E-state index is 9.38. The van der Waals surface area contributed by atoms with Crippen molar-refractivity contribution >= 4 is 11.8 Å². The summed E-state index contributed by atoms with van der Waals surface area (Å²) < 4.78 is 1.91. The topological polar surface area (TPSA) is 50.1 Å². The van der Waals surface area contributed by atoms with E-state index in [0.717, 1.165) is 24.4 Å². The zero-order valence-electron chi connectivity index (χ0n) is 11.2. The summed E-state index contributed by atoms with van der Waals surface area (Å²) in [5.74, 6) is 0.975. The number of aliphatic hydroxyl groups is 1. The van der Waals surface area contributed by atoms with E-state index in [9.17, 15) is 5.11 Å². The SMILES string of the molecule is CCNC(C)(CO)CCSc1cc(C)nn1C. The molecule has 0 amide bonds. The van der Waals surface area contributed by atoms with Crippen LogP contribution in [0.3, 0.4) is 0 Å². The van der Waals surface area contributed by atoms with E-state index in [1.165, 1.54) is 5.03 Å². The zero-order chi connectivity index (χ0) is 12.9. The molecule has 5 heteroatoms. The molecule has 0 aliphatic rings. The molecule has 98 valence electrons. The van der Waals surface area contributed by atoms with Gasteiger partial charge in [0.2, 0.25) is 0 Å². The molecule has 1 unspecified atom stereocenters. The first-order valence-electron chi connectivity index (χ1n) is 6.00. The van der Waals surface area contributed by atoms with E-state index in [0.29, 0.717) is 0 Å². The predicted octanol–water partition coefficient (Wildman–Crippen LogP) is 1.57. The van der Waals surface area contributed by atoms with Gasteiger partial charge >= 0.3 is 0 Å². The van der Waals surface area contributed by atoms with E-state index in [-0.39, 0.29) is 12.1 Å². The maximum absolute atomic E-state index is 9.38. The number of rotatable bonds is 7. The van der Waals surface area contributed by atoms with Crippen LogP contribution in [0.15, 0.2) is 11.1 Å². The van der Waals surface area contributed by atoms with Crippen molar-refractivity contribution in [3.63, 3.8) is 0 Å². The lowest BCUT2D eigenvalue weighted by Crippen LogP contribution is -2.46. The van der Waals surface area contributed by atoms with Gasteiger partial charge in [0.05, 0.1) is 17.3 Å². The first-order chi connectivity index (χ1) is 8.00. The Morgan fingerprint density at radius 1 is 1.59 bits per heavy atom. The van der Waals surface area contributed by atoms with Crippen LogP contribution >= 0.6 is 11.8 Å². The molecule has 0 aliphatic heterocycles. The average Bonchev–Trinajstić information content (AvgIpc) is 2.58. The lowest BCUT2D eigenvalue weighted by Gasteiger charge is -2.28. The van der Waals surface area contributed by atoms with Gasteiger partial charge in [-0.3, -0.25) is 4.68 Å². The van der Waals surface area contributed by atoms with Gasteiger partial charge in [0.1, 0.15) is 0 Å². The molecular weight excluding hydrogens is 234 g/mol. The van der Waals surface area contributed by atoms with Gasteiger partial charge in [-0.2, -0.15) is 5.10 Å². The van der Waals surface area contributed by atoms with E-state index < -0.39 is 0 Å². The normalized spacial score (nSPS) is 14.9. The van der Waals surface area contributed by atoms with Crippen LogP contribution < -0.4 is 5.32 Å². The molecular formula is C12H23N3OS. The van der Waals surface area contributed by atoms with Crippen molar-refractivity contribution in [1.29, 1.82) is 0 Å². The Hall–Kier alpha value is -0.520. The van der Waals surface area contributed by atoms with Crippen molar-refractivity contribution in [2.24, 2.45) is 7.05 Å². The second-order valence-electron chi connectivity index (χ2n) is 4.60. The zero-order valence-corrected chi connectivity index (χ0v) is 12.0. The predicted molar refractivity (Wildman–Crippen MR) is 72.5 cm³/mol. The minimum absolute atomic E-state index is 0.171. The van der Waals surface area contributed by atoms with Crippen molar-refractivity contribution in [3.8, 4) is 0 Å². The number of aromatic nitrogens is 2. The van der Waals surface area contributed by atoms with Crippen molar-refractivity contribution in [1.82, 2.24) is 15.1 Å². The van der Waals surface area contributed by atoms with Crippen molar-refractivity contribution in [2.75, 3.05) is 18.9 Å². The van der Waals surface area contributed by atoms with Crippen LogP contribution in [0, 0.1) is 6.92 Å². The molecule has 1 atom stereocenters. The quantitative estimate of drug-likeness (QED) is 0.728. The van der Waals surface area contributed by atoms with Gasteiger partial charge in [0.15, 0.2) is 0 Å². The molecule has 0 aromatic carbocycles. The number of thioether (sulfide) groups is 1. The molecule has 0 aliphatic carbocycles. The Labute approximate surface area is 108 Å². The Morgan fingerprint density at radius 3 is 2.76 bits per heavy atom. The Balaban J connectivity index is 2.43. The molecule has 1 rings (SSSR count). The van der Waals surface area contributed by atoms with Gasteiger partial charge in [0, 0.05) is 18.3 Å². The summed E-state index contributed by atoms with van der Waals surface area (Å²) in [6.45, 7) is 7.18. The van der Waals surface area contributed by atoms with Gasteiger partial charge in [-0.05, 0) is 32.9 Å². The van der Waals surface area contributed by atoms with Crippen LogP contribution in [0.4, 0.5) is 0 Å². The molecule has 0 saturated carbocycles. The Bertz CT molecular complexity index is 354. The third kappa shape index (κ3) is 4.33. The molecule has 0 radical (unpaired) electrons. The van der Waals surface area contributed by atoms with Gasteiger partial charge in [-0.15, -0.1) is 11.8 Å². The summed E-state index contributed by atoms with van der Waals surface area (Å²) in [6, 6.07) is 2.09. The summed E-state index contributed by atoms with van der Waals surface area (Å²) in [5, 5.41) is 18.2. The summed E-state index contributed by atoms with van der Waals surface area (Å²) in [5.41, 5.74) is 0.877. The highest BCUT2D eigenvalue weighted by atomic mass is 32.2. The fourth-order valence-corrected chi connectivity index (χ4v) is 3.00. The number of nitrogens with one attached hydrogen (secondary N) is 1. The van der Waals surface area contributed by atoms with E-state index in [2.05, 4.69) is 30.3 Å². The van der Waals surface area contributed by atoms with Crippen molar-refractivity contribution in [3.05, 3.63) is 11.8 Å². The van der Waals surface area contributed by atoms with Crippen molar-refractivity contribution < 1.29 is 5.11 Å². The maximum Gasteiger partial charge on any atom is 0.0939 e.